The first-order valence-electron chi connectivity index (χ1n) is 7.24. The Balaban J connectivity index is 1.94. The van der Waals surface area contributed by atoms with Crippen LogP contribution in [0.15, 0.2) is 48.5 Å². The topological polar surface area (TPSA) is 64.6 Å². The van der Waals surface area contributed by atoms with Crippen molar-refractivity contribution in [2.75, 3.05) is 20.8 Å². The minimum atomic E-state index is -0.440. The van der Waals surface area contributed by atoms with Gasteiger partial charge in [0, 0.05) is 5.56 Å². The molecule has 2 rings (SSSR count). The molecular weight excluding hydrogens is 306 g/mol. The summed E-state index contributed by atoms with van der Waals surface area (Å²) in [6, 6.07) is 13.6. The fraction of sp³-hybridized carbons (Fsp3) is 0.158. The van der Waals surface area contributed by atoms with Crippen LogP contribution in [0.4, 0.5) is 0 Å². The van der Waals surface area contributed by atoms with Gasteiger partial charge in [0.1, 0.15) is 5.75 Å². The Morgan fingerprint density at radius 3 is 2.33 bits per heavy atom. The largest absolute Gasteiger partial charge is 0.495 e. The molecule has 0 bridgehead atoms. The maximum atomic E-state index is 12.0. The fourth-order valence-electron chi connectivity index (χ4n) is 1.99. The predicted octanol–water partition coefficient (Wildman–Crippen LogP) is 2.26. The number of para-hydroxylation sites is 1. The molecule has 2 aromatic carbocycles. The molecule has 1 amide bonds. The molecular formula is C19H17NO4. The smallest absolute Gasteiger partial charge is 0.337 e. The van der Waals surface area contributed by atoms with Crippen LogP contribution in [0.2, 0.25) is 0 Å². The summed E-state index contributed by atoms with van der Waals surface area (Å²) < 4.78 is 9.81. The Bertz CT molecular complexity index is 785. The number of methoxy groups -OCH3 is 2. The van der Waals surface area contributed by atoms with Crippen molar-refractivity contribution in [3.8, 4) is 17.6 Å². The highest BCUT2D eigenvalue weighted by Gasteiger charge is 2.08. The molecule has 0 aliphatic rings. The lowest BCUT2D eigenvalue weighted by Crippen LogP contribution is -2.23. The van der Waals surface area contributed by atoms with E-state index < -0.39 is 5.97 Å². The van der Waals surface area contributed by atoms with Crippen molar-refractivity contribution < 1.29 is 19.1 Å². The van der Waals surface area contributed by atoms with Gasteiger partial charge >= 0.3 is 5.97 Å². The monoisotopic (exact) mass is 323 g/mol. The van der Waals surface area contributed by atoms with Crippen LogP contribution in [0.3, 0.4) is 0 Å². The standard InChI is InChI=1S/C19H17NO4/c1-23-17-8-4-3-6-14(17)7-5-13-20-18(21)15-9-11-16(12-10-15)19(22)24-2/h3-4,6,8-12H,13H2,1-2H3,(H,20,21). The Labute approximate surface area is 140 Å². The van der Waals surface area contributed by atoms with E-state index in [0.29, 0.717) is 16.9 Å². The first-order chi connectivity index (χ1) is 11.7. The van der Waals surface area contributed by atoms with Crippen molar-refractivity contribution in [1.29, 1.82) is 0 Å². The first-order valence-corrected chi connectivity index (χ1v) is 7.24. The van der Waals surface area contributed by atoms with Crippen LogP contribution < -0.4 is 10.1 Å². The second kappa shape index (κ2) is 8.39. The number of esters is 1. The molecule has 0 aliphatic heterocycles. The molecule has 2 aromatic rings. The summed E-state index contributed by atoms with van der Waals surface area (Å²) in [6.07, 6.45) is 0. The highest BCUT2D eigenvalue weighted by atomic mass is 16.5. The van der Waals surface area contributed by atoms with Crippen molar-refractivity contribution in [2.24, 2.45) is 0 Å². The van der Waals surface area contributed by atoms with E-state index in [0.717, 1.165) is 5.56 Å². The van der Waals surface area contributed by atoms with Crippen molar-refractivity contribution >= 4 is 11.9 Å². The maximum absolute atomic E-state index is 12.0. The molecule has 5 nitrogen and oxygen atoms in total. The summed E-state index contributed by atoms with van der Waals surface area (Å²) in [7, 11) is 2.89. The van der Waals surface area contributed by atoms with Gasteiger partial charge in [-0.1, -0.05) is 24.0 Å². The van der Waals surface area contributed by atoms with Crippen molar-refractivity contribution in [3.63, 3.8) is 0 Å². The van der Waals surface area contributed by atoms with Crippen LogP contribution in [0.25, 0.3) is 0 Å². The van der Waals surface area contributed by atoms with Crippen LogP contribution in [-0.4, -0.2) is 32.6 Å². The summed E-state index contributed by atoms with van der Waals surface area (Å²) in [6.45, 7) is 0.204. The molecule has 0 aromatic heterocycles. The number of ether oxygens (including phenoxy) is 2. The first kappa shape index (κ1) is 17.1. The lowest BCUT2D eigenvalue weighted by molar-refractivity contribution is 0.0600. The SMILES string of the molecule is COC(=O)c1ccc(C(=O)NCC#Cc2ccccc2OC)cc1. The lowest BCUT2D eigenvalue weighted by Gasteiger charge is -2.03. The third kappa shape index (κ3) is 4.37. The zero-order valence-electron chi connectivity index (χ0n) is 13.5. The molecule has 24 heavy (non-hydrogen) atoms. The predicted molar refractivity (Wildman–Crippen MR) is 90.0 cm³/mol. The molecule has 0 radical (unpaired) electrons. The molecule has 122 valence electrons. The van der Waals surface area contributed by atoms with Gasteiger partial charge in [0.2, 0.25) is 0 Å². The van der Waals surface area contributed by atoms with Crippen molar-refractivity contribution in [1.82, 2.24) is 5.32 Å². The number of rotatable bonds is 4. The van der Waals surface area contributed by atoms with Crippen LogP contribution in [0.5, 0.6) is 5.75 Å². The average Bonchev–Trinajstić information content (AvgIpc) is 2.64. The Kier molecular flexibility index (Phi) is 5.98. The van der Waals surface area contributed by atoms with Gasteiger partial charge in [-0.3, -0.25) is 4.79 Å². The summed E-state index contributed by atoms with van der Waals surface area (Å²) in [5.41, 5.74) is 1.60. The van der Waals surface area contributed by atoms with Crippen LogP contribution in [-0.2, 0) is 4.74 Å². The number of benzene rings is 2. The van der Waals surface area contributed by atoms with Gasteiger partial charge in [0.05, 0.1) is 31.9 Å². The van der Waals surface area contributed by atoms with E-state index >= 15 is 0 Å². The Morgan fingerprint density at radius 1 is 1.00 bits per heavy atom. The number of hydrogen-bond acceptors (Lipinski definition) is 4. The molecule has 0 heterocycles. The van der Waals surface area contributed by atoms with Crippen molar-refractivity contribution in [3.05, 3.63) is 65.2 Å². The maximum Gasteiger partial charge on any atom is 0.337 e. The average molecular weight is 323 g/mol. The number of amides is 1. The van der Waals surface area contributed by atoms with Gasteiger partial charge in [-0.15, -0.1) is 0 Å². The molecule has 0 atom stereocenters. The summed E-state index contributed by atoms with van der Waals surface area (Å²) in [5.74, 6) is 5.82. The third-order valence-corrected chi connectivity index (χ3v) is 3.24. The van der Waals surface area contributed by atoms with Crippen LogP contribution in [0, 0.1) is 11.8 Å². The highest BCUT2D eigenvalue weighted by Crippen LogP contribution is 2.15. The minimum absolute atomic E-state index is 0.204. The Morgan fingerprint density at radius 2 is 1.67 bits per heavy atom. The summed E-state index contributed by atoms with van der Waals surface area (Å²) in [5, 5.41) is 2.70. The minimum Gasteiger partial charge on any atom is -0.495 e. The number of carbonyl (C=O) groups is 2. The van der Waals surface area contributed by atoms with Crippen LogP contribution >= 0.6 is 0 Å². The summed E-state index contributed by atoms with van der Waals surface area (Å²) >= 11 is 0. The van der Waals surface area contributed by atoms with Crippen molar-refractivity contribution in [2.45, 2.75) is 0 Å². The van der Waals surface area contributed by atoms with E-state index in [-0.39, 0.29) is 12.5 Å². The molecule has 0 saturated heterocycles. The lowest BCUT2D eigenvalue weighted by atomic mass is 10.1. The van der Waals surface area contributed by atoms with Gasteiger partial charge in [0.15, 0.2) is 0 Å². The molecule has 0 saturated carbocycles. The normalized spacial score (nSPS) is 9.42. The van der Waals surface area contributed by atoms with E-state index in [1.807, 2.05) is 24.3 Å². The zero-order chi connectivity index (χ0) is 17.4. The second-order valence-electron chi connectivity index (χ2n) is 4.75. The fourth-order valence-corrected chi connectivity index (χ4v) is 1.99. The second-order valence-corrected chi connectivity index (χ2v) is 4.75. The van der Waals surface area contributed by atoms with E-state index in [4.69, 9.17) is 4.74 Å². The molecule has 0 unspecified atom stereocenters. The quantitative estimate of drug-likeness (QED) is 0.692. The van der Waals surface area contributed by atoms with E-state index in [2.05, 4.69) is 21.9 Å². The molecule has 5 heteroatoms. The van der Waals surface area contributed by atoms with Gasteiger partial charge in [-0.2, -0.15) is 0 Å². The summed E-state index contributed by atoms with van der Waals surface area (Å²) in [4.78, 5) is 23.4. The molecule has 0 aliphatic carbocycles. The number of carbonyl (C=O) groups excluding carboxylic acids is 2. The molecule has 1 N–H and O–H groups in total. The van der Waals surface area contributed by atoms with Gasteiger partial charge in [-0.05, 0) is 36.4 Å². The van der Waals surface area contributed by atoms with E-state index in [1.165, 1.54) is 7.11 Å². The highest BCUT2D eigenvalue weighted by molar-refractivity contribution is 5.96. The van der Waals surface area contributed by atoms with E-state index in [1.54, 1.807) is 31.4 Å². The van der Waals surface area contributed by atoms with Crippen LogP contribution in [0.1, 0.15) is 26.3 Å². The Hall–Kier alpha value is -3.26. The van der Waals surface area contributed by atoms with Gasteiger partial charge in [0.25, 0.3) is 5.91 Å². The number of hydrogen-bond donors (Lipinski definition) is 1. The molecule has 0 fully saturated rings. The van der Waals surface area contributed by atoms with Gasteiger partial charge in [-0.25, -0.2) is 4.79 Å². The molecule has 0 spiro atoms. The zero-order valence-corrected chi connectivity index (χ0v) is 13.5. The van der Waals surface area contributed by atoms with E-state index in [9.17, 15) is 9.59 Å². The third-order valence-electron chi connectivity index (χ3n) is 3.24. The number of nitrogens with one attached hydrogen (secondary N) is 1. The van der Waals surface area contributed by atoms with Gasteiger partial charge < -0.3 is 14.8 Å².